The lowest BCUT2D eigenvalue weighted by Crippen LogP contribution is -2.55. The SMILES string of the molecule is CC[C@H]1CC2C3CC[C@H]([C@H](C)CCCc4ccc(C(C)C(=O)O)cc4)C3(C)CC[C@@H]2C2(C)CCCCC12. The van der Waals surface area contributed by atoms with Crippen LogP contribution < -0.4 is 0 Å². The van der Waals surface area contributed by atoms with Crippen molar-refractivity contribution in [3.05, 3.63) is 35.4 Å². The maximum atomic E-state index is 11.3. The van der Waals surface area contributed by atoms with Crippen LogP contribution >= 0.6 is 0 Å². The zero-order valence-corrected chi connectivity index (χ0v) is 24.5. The minimum atomic E-state index is -0.745. The topological polar surface area (TPSA) is 37.3 Å². The molecule has 0 aliphatic heterocycles. The molecule has 4 saturated carbocycles. The summed E-state index contributed by atoms with van der Waals surface area (Å²) in [5, 5.41) is 9.27. The number of carbonyl (C=O) groups is 1. The molecule has 2 heteroatoms. The Bertz CT molecular complexity index is 935. The van der Waals surface area contributed by atoms with Gasteiger partial charge in [-0.15, -0.1) is 0 Å². The summed E-state index contributed by atoms with van der Waals surface area (Å²) in [5.41, 5.74) is 3.45. The van der Waals surface area contributed by atoms with Gasteiger partial charge in [0.05, 0.1) is 5.92 Å². The van der Waals surface area contributed by atoms with Gasteiger partial charge in [0.2, 0.25) is 0 Å². The standard InChI is InChI=1S/C35H54O2/c1-6-26-22-28-31-18-17-29(35(31,5)21-19-32(28)34(4)20-8-7-12-30(26)34)23(2)10-9-11-25-13-15-27(16-14-25)24(3)33(36)37/h13-16,23-24,26,28-32H,6-12,17-22H2,1-5H3,(H,36,37)/t23-,24?,26+,28?,29-,30?,31?,32+,34?,35?/m1/s1. The highest BCUT2D eigenvalue weighted by atomic mass is 16.4. The third kappa shape index (κ3) is 4.82. The molecule has 6 unspecified atom stereocenters. The Kier molecular flexibility index (Phi) is 7.88. The minimum absolute atomic E-state index is 0.427. The fourth-order valence-electron chi connectivity index (χ4n) is 10.9. The third-order valence-electron chi connectivity index (χ3n) is 13.0. The van der Waals surface area contributed by atoms with Crippen molar-refractivity contribution >= 4 is 5.97 Å². The average Bonchev–Trinajstić information content (AvgIpc) is 3.25. The summed E-state index contributed by atoms with van der Waals surface area (Å²) in [5.74, 6) is 5.48. The second-order valence-corrected chi connectivity index (χ2v) is 14.5. The van der Waals surface area contributed by atoms with Gasteiger partial charge in [0.15, 0.2) is 0 Å². The van der Waals surface area contributed by atoms with Gasteiger partial charge >= 0.3 is 5.97 Å². The summed E-state index contributed by atoms with van der Waals surface area (Å²) in [6.45, 7) is 12.3. The molecule has 0 heterocycles. The zero-order chi connectivity index (χ0) is 26.4. The second-order valence-electron chi connectivity index (χ2n) is 14.5. The normalized spacial score (nSPS) is 40.8. The molecule has 0 aromatic heterocycles. The van der Waals surface area contributed by atoms with E-state index in [1.165, 1.54) is 76.2 Å². The summed E-state index contributed by atoms with van der Waals surface area (Å²) < 4.78 is 0. The molecule has 1 aromatic carbocycles. The number of rotatable bonds is 8. The molecule has 2 nitrogen and oxygen atoms in total. The van der Waals surface area contributed by atoms with Crippen LogP contribution in [0.3, 0.4) is 0 Å². The molecule has 1 N–H and O–H groups in total. The third-order valence-corrected chi connectivity index (χ3v) is 13.0. The van der Waals surface area contributed by atoms with Crippen molar-refractivity contribution < 1.29 is 9.90 Å². The van der Waals surface area contributed by atoms with E-state index in [0.717, 1.165) is 53.4 Å². The Labute approximate surface area is 227 Å². The smallest absolute Gasteiger partial charge is 0.310 e. The van der Waals surface area contributed by atoms with Crippen molar-refractivity contribution in [3.63, 3.8) is 0 Å². The maximum absolute atomic E-state index is 11.3. The molecule has 1 aromatic rings. The van der Waals surface area contributed by atoms with E-state index in [-0.39, 0.29) is 0 Å². The van der Waals surface area contributed by atoms with Crippen LogP contribution in [0.15, 0.2) is 24.3 Å². The van der Waals surface area contributed by atoms with Crippen LogP contribution in [0.4, 0.5) is 0 Å². The molecule has 0 amide bonds. The first-order chi connectivity index (χ1) is 17.7. The first kappa shape index (κ1) is 27.3. The molecule has 0 spiro atoms. The fraction of sp³-hybridized carbons (Fsp3) is 0.800. The molecule has 4 aliphatic rings. The van der Waals surface area contributed by atoms with Gasteiger partial charge in [-0.25, -0.2) is 0 Å². The van der Waals surface area contributed by atoms with Crippen LogP contribution in [0, 0.1) is 52.3 Å². The van der Waals surface area contributed by atoms with Gasteiger partial charge in [0.25, 0.3) is 0 Å². The van der Waals surface area contributed by atoms with Gasteiger partial charge in [-0.3, -0.25) is 4.79 Å². The number of hydrogen-bond donors (Lipinski definition) is 1. The van der Waals surface area contributed by atoms with Crippen molar-refractivity contribution in [2.75, 3.05) is 0 Å². The summed E-state index contributed by atoms with van der Waals surface area (Å²) in [6, 6.07) is 8.34. The Balaban J connectivity index is 1.21. The Morgan fingerprint density at radius 3 is 2.38 bits per heavy atom. The predicted molar refractivity (Wildman–Crippen MR) is 154 cm³/mol. The van der Waals surface area contributed by atoms with Gasteiger partial charge < -0.3 is 5.11 Å². The molecule has 4 fully saturated rings. The number of aliphatic carboxylic acids is 1. The zero-order valence-electron chi connectivity index (χ0n) is 24.5. The summed E-state index contributed by atoms with van der Waals surface area (Å²) in [6.07, 6.45) is 18.6. The molecular formula is C35H54O2. The van der Waals surface area contributed by atoms with E-state index in [1.807, 2.05) is 12.1 Å². The van der Waals surface area contributed by atoms with Crippen LogP contribution in [0.1, 0.15) is 129 Å². The fourth-order valence-corrected chi connectivity index (χ4v) is 10.9. The lowest BCUT2D eigenvalue weighted by atomic mass is 9.42. The Morgan fingerprint density at radius 2 is 1.68 bits per heavy atom. The summed E-state index contributed by atoms with van der Waals surface area (Å²) >= 11 is 0. The number of fused-ring (bicyclic) bond motifs is 5. The van der Waals surface area contributed by atoms with E-state index in [4.69, 9.17) is 0 Å². The number of aryl methyl sites for hydroxylation is 1. The van der Waals surface area contributed by atoms with Crippen LogP contribution in [-0.4, -0.2) is 11.1 Å². The number of hydrogen-bond acceptors (Lipinski definition) is 1. The quantitative estimate of drug-likeness (QED) is 0.381. The highest BCUT2D eigenvalue weighted by molar-refractivity contribution is 5.75. The monoisotopic (exact) mass is 506 g/mol. The highest BCUT2D eigenvalue weighted by Gasteiger charge is 2.61. The molecule has 0 bridgehead atoms. The lowest BCUT2D eigenvalue weighted by molar-refractivity contribution is -0.138. The van der Waals surface area contributed by atoms with Crippen LogP contribution in [-0.2, 0) is 11.2 Å². The van der Waals surface area contributed by atoms with Crippen LogP contribution in [0.25, 0.3) is 0 Å². The largest absolute Gasteiger partial charge is 0.481 e. The van der Waals surface area contributed by atoms with Gasteiger partial charge in [0, 0.05) is 0 Å². The first-order valence-corrected chi connectivity index (χ1v) is 16.0. The van der Waals surface area contributed by atoms with Crippen molar-refractivity contribution in [3.8, 4) is 0 Å². The molecule has 37 heavy (non-hydrogen) atoms. The van der Waals surface area contributed by atoms with Crippen molar-refractivity contribution in [2.24, 2.45) is 52.3 Å². The molecule has 10 atom stereocenters. The Morgan fingerprint density at radius 1 is 0.946 bits per heavy atom. The molecule has 5 rings (SSSR count). The van der Waals surface area contributed by atoms with Crippen molar-refractivity contribution in [1.82, 2.24) is 0 Å². The number of carboxylic acids is 1. The van der Waals surface area contributed by atoms with E-state index in [9.17, 15) is 9.90 Å². The predicted octanol–water partition coefficient (Wildman–Crippen LogP) is 9.52. The van der Waals surface area contributed by atoms with Crippen molar-refractivity contribution in [2.45, 2.75) is 124 Å². The molecule has 4 aliphatic carbocycles. The van der Waals surface area contributed by atoms with E-state index in [1.54, 1.807) is 13.3 Å². The summed E-state index contributed by atoms with van der Waals surface area (Å²) in [4.78, 5) is 11.3. The van der Waals surface area contributed by atoms with E-state index in [0.29, 0.717) is 10.8 Å². The lowest BCUT2D eigenvalue weighted by Gasteiger charge is -2.63. The first-order valence-electron chi connectivity index (χ1n) is 16.0. The van der Waals surface area contributed by atoms with Gasteiger partial charge in [-0.2, -0.15) is 0 Å². The van der Waals surface area contributed by atoms with Gasteiger partial charge in [-0.1, -0.05) is 77.6 Å². The number of benzene rings is 1. The van der Waals surface area contributed by atoms with Crippen LogP contribution in [0.2, 0.25) is 0 Å². The maximum Gasteiger partial charge on any atom is 0.310 e. The minimum Gasteiger partial charge on any atom is -0.481 e. The number of carboxylic acid groups (broad SMARTS) is 1. The summed E-state index contributed by atoms with van der Waals surface area (Å²) in [7, 11) is 0. The van der Waals surface area contributed by atoms with Gasteiger partial charge in [-0.05, 0) is 128 Å². The van der Waals surface area contributed by atoms with E-state index in [2.05, 4.69) is 39.8 Å². The highest BCUT2D eigenvalue weighted by Crippen LogP contribution is 2.69. The van der Waals surface area contributed by atoms with Crippen LogP contribution in [0.5, 0.6) is 0 Å². The molecule has 0 radical (unpaired) electrons. The van der Waals surface area contributed by atoms with E-state index < -0.39 is 11.9 Å². The van der Waals surface area contributed by atoms with E-state index >= 15 is 0 Å². The molecular weight excluding hydrogens is 452 g/mol. The molecule has 206 valence electrons. The molecule has 0 saturated heterocycles. The average molecular weight is 507 g/mol. The second kappa shape index (κ2) is 10.7. The Hall–Kier alpha value is -1.31. The van der Waals surface area contributed by atoms with Gasteiger partial charge in [0.1, 0.15) is 0 Å². The van der Waals surface area contributed by atoms with Crippen molar-refractivity contribution in [1.29, 1.82) is 0 Å².